The summed E-state index contributed by atoms with van der Waals surface area (Å²) in [4.78, 5) is 12.0. The Labute approximate surface area is 139 Å². The van der Waals surface area contributed by atoms with Crippen LogP contribution in [0.2, 0.25) is 5.02 Å². The molecule has 1 fully saturated rings. The van der Waals surface area contributed by atoms with Gasteiger partial charge in [0.15, 0.2) is 0 Å². The molecule has 1 aliphatic rings. The average molecular weight is 346 g/mol. The van der Waals surface area contributed by atoms with E-state index in [1.807, 2.05) is 0 Å². The van der Waals surface area contributed by atoms with Gasteiger partial charge in [0, 0.05) is 30.1 Å². The van der Waals surface area contributed by atoms with Crippen molar-refractivity contribution in [1.29, 1.82) is 0 Å². The van der Waals surface area contributed by atoms with Crippen LogP contribution in [0.3, 0.4) is 0 Å². The second-order valence-corrected chi connectivity index (χ2v) is 5.91. The summed E-state index contributed by atoms with van der Waals surface area (Å²) in [6, 6.07) is 1.37. The molecule has 1 aromatic carbocycles. The van der Waals surface area contributed by atoms with E-state index < -0.39 is 29.7 Å². The molecule has 0 aliphatic carbocycles. The molecule has 0 saturated carbocycles. The van der Waals surface area contributed by atoms with Crippen molar-refractivity contribution in [3.05, 3.63) is 28.0 Å². The summed E-state index contributed by atoms with van der Waals surface area (Å²) < 4.78 is 25.2. The first-order chi connectivity index (χ1) is 10.9. The lowest BCUT2D eigenvalue weighted by atomic mass is 9.86. The summed E-state index contributed by atoms with van der Waals surface area (Å²) in [5, 5.41) is 12.9. The van der Waals surface area contributed by atoms with Crippen molar-refractivity contribution in [3.8, 4) is 5.75 Å². The summed E-state index contributed by atoms with van der Waals surface area (Å²) in [5.74, 6) is -1.79. The van der Waals surface area contributed by atoms with E-state index in [1.165, 1.54) is 13.2 Å². The lowest BCUT2D eigenvalue weighted by molar-refractivity contribution is -0.145. The topological polar surface area (TPSA) is 67.8 Å². The zero-order chi connectivity index (χ0) is 17.1. The number of benzene rings is 1. The summed E-state index contributed by atoms with van der Waals surface area (Å²) in [6.07, 6.45) is -0.876. The highest BCUT2D eigenvalue weighted by molar-refractivity contribution is 6.31. The molecular weight excluding hydrogens is 325 g/mol. The van der Waals surface area contributed by atoms with Crippen molar-refractivity contribution in [2.75, 3.05) is 26.8 Å². The molecule has 1 aliphatic heterocycles. The number of esters is 1. The molecule has 2 rings (SSSR count). The van der Waals surface area contributed by atoms with Gasteiger partial charge in [0.1, 0.15) is 11.6 Å². The lowest BCUT2D eigenvalue weighted by Crippen LogP contribution is -2.24. The predicted molar refractivity (Wildman–Crippen MR) is 84.3 cm³/mol. The van der Waals surface area contributed by atoms with Gasteiger partial charge in [0.05, 0.1) is 30.8 Å². The van der Waals surface area contributed by atoms with Crippen molar-refractivity contribution < 1.29 is 23.8 Å². The Bertz CT molecular complexity index is 594. The van der Waals surface area contributed by atoms with Crippen LogP contribution in [0.25, 0.3) is 0 Å². The van der Waals surface area contributed by atoms with Crippen LogP contribution in [0.1, 0.15) is 37.0 Å². The summed E-state index contributed by atoms with van der Waals surface area (Å²) in [7, 11) is 1.30. The molecule has 128 valence electrons. The fraction of sp³-hybridized carbons (Fsp3) is 0.562. The Morgan fingerprint density at radius 1 is 1.57 bits per heavy atom. The van der Waals surface area contributed by atoms with Crippen molar-refractivity contribution in [2.24, 2.45) is 5.92 Å². The van der Waals surface area contributed by atoms with E-state index in [-0.39, 0.29) is 16.3 Å². The van der Waals surface area contributed by atoms with Gasteiger partial charge in [-0.15, -0.1) is 0 Å². The average Bonchev–Trinajstić information content (AvgIpc) is 2.99. The maximum atomic E-state index is 14.7. The van der Waals surface area contributed by atoms with Crippen molar-refractivity contribution >= 4 is 17.6 Å². The van der Waals surface area contributed by atoms with Gasteiger partial charge in [-0.25, -0.2) is 4.39 Å². The Hall–Kier alpha value is -1.37. The molecule has 1 aromatic rings. The van der Waals surface area contributed by atoms with Gasteiger partial charge in [0.2, 0.25) is 0 Å². The number of nitrogens with one attached hydrogen (secondary N) is 1. The minimum Gasteiger partial charge on any atom is -0.493 e. The second kappa shape index (κ2) is 7.47. The quantitative estimate of drug-likeness (QED) is 0.802. The second-order valence-electron chi connectivity index (χ2n) is 5.51. The van der Waals surface area contributed by atoms with Gasteiger partial charge < -0.3 is 19.9 Å². The van der Waals surface area contributed by atoms with Crippen LogP contribution in [0.15, 0.2) is 6.07 Å². The standard InChI is InChI=1S/C16H21ClFNO4/c1-4-23-15-9(8(2)20)5-12(17)14(18)13(15)10-6-19-7-11(10)16(21)22-3/h5,8,10-11,19-20H,4,6-7H2,1-3H3/t8-,10-,11?/m1/s1. The molecule has 0 radical (unpaired) electrons. The third kappa shape index (κ3) is 3.44. The molecule has 0 amide bonds. The van der Waals surface area contributed by atoms with E-state index in [2.05, 4.69) is 5.32 Å². The number of hydrogen-bond acceptors (Lipinski definition) is 5. The van der Waals surface area contributed by atoms with E-state index in [0.717, 1.165) is 0 Å². The zero-order valence-electron chi connectivity index (χ0n) is 13.4. The van der Waals surface area contributed by atoms with Crippen LogP contribution >= 0.6 is 11.6 Å². The molecule has 0 spiro atoms. The molecule has 1 unspecified atom stereocenters. The predicted octanol–water partition coefficient (Wildman–Crippen LogP) is 2.41. The van der Waals surface area contributed by atoms with E-state index in [0.29, 0.717) is 25.3 Å². The van der Waals surface area contributed by atoms with Crippen LogP contribution < -0.4 is 10.1 Å². The largest absolute Gasteiger partial charge is 0.493 e. The molecule has 23 heavy (non-hydrogen) atoms. The van der Waals surface area contributed by atoms with Gasteiger partial charge in [-0.1, -0.05) is 11.6 Å². The number of methoxy groups -OCH3 is 1. The van der Waals surface area contributed by atoms with Gasteiger partial charge >= 0.3 is 5.97 Å². The molecule has 1 heterocycles. The summed E-state index contributed by atoms with van der Waals surface area (Å²) >= 11 is 6.00. The monoisotopic (exact) mass is 345 g/mol. The Kier molecular flexibility index (Phi) is 5.84. The first kappa shape index (κ1) is 18.0. The summed E-state index contributed by atoms with van der Waals surface area (Å²) in [6.45, 7) is 4.42. The molecular formula is C16H21ClFNO4. The first-order valence-electron chi connectivity index (χ1n) is 7.53. The molecule has 1 saturated heterocycles. The highest BCUT2D eigenvalue weighted by atomic mass is 35.5. The third-order valence-electron chi connectivity index (χ3n) is 4.06. The Balaban J connectivity index is 2.61. The van der Waals surface area contributed by atoms with Crippen molar-refractivity contribution in [2.45, 2.75) is 25.9 Å². The Morgan fingerprint density at radius 3 is 2.83 bits per heavy atom. The van der Waals surface area contributed by atoms with Gasteiger partial charge in [-0.3, -0.25) is 4.79 Å². The van der Waals surface area contributed by atoms with E-state index >= 15 is 0 Å². The van der Waals surface area contributed by atoms with Gasteiger partial charge in [0.25, 0.3) is 0 Å². The first-order valence-corrected chi connectivity index (χ1v) is 7.91. The number of carbonyl (C=O) groups excluding carboxylic acids is 1. The highest BCUT2D eigenvalue weighted by Gasteiger charge is 2.39. The van der Waals surface area contributed by atoms with Crippen molar-refractivity contribution in [3.63, 3.8) is 0 Å². The number of rotatable bonds is 5. The van der Waals surface area contributed by atoms with Crippen molar-refractivity contribution in [1.82, 2.24) is 5.32 Å². The van der Waals surface area contributed by atoms with E-state index in [9.17, 15) is 14.3 Å². The fourth-order valence-electron chi connectivity index (χ4n) is 2.98. The van der Waals surface area contributed by atoms with Gasteiger partial charge in [-0.05, 0) is 19.9 Å². The molecule has 0 bridgehead atoms. The van der Waals surface area contributed by atoms with Gasteiger partial charge in [-0.2, -0.15) is 0 Å². The Morgan fingerprint density at radius 2 is 2.26 bits per heavy atom. The number of aliphatic hydroxyl groups excluding tert-OH is 1. The lowest BCUT2D eigenvalue weighted by Gasteiger charge is -2.24. The maximum absolute atomic E-state index is 14.7. The number of halogens is 2. The number of carbonyl (C=O) groups is 1. The molecule has 7 heteroatoms. The van der Waals surface area contributed by atoms with Crippen LogP contribution in [0.4, 0.5) is 4.39 Å². The molecule has 2 N–H and O–H groups in total. The minimum atomic E-state index is -0.876. The maximum Gasteiger partial charge on any atom is 0.310 e. The third-order valence-corrected chi connectivity index (χ3v) is 4.34. The van der Waals surface area contributed by atoms with Crippen LogP contribution in [-0.2, 0) is 9.53 Å². The smallest absolute Gasteiger partial charge is 0.310 e. The molecule has 3 atom stereocenters. The normalized spacial score (nSPS) is 22.0. The summed E-state index contributed by atoms with van der Waals surface area (Å²) in [5.41, 5.74) is 0.624. The fourth-order valence-corrected chi connectivity index (χ4v) is 3.20. The van der Waals surface area contributed by atoms with Crippen LogP contribution in [-0.4, -0.2) is 37.9 Å². The van der Waals surface area contributed by atoms with E-state index in [4.69, 9.17) is 21.1 Å². The SMILES string of the molecule is CCOc1c([C@@H](C)O)cc(Cl)c(F)c1[C@@H]1CNCC1C(=O)OC. The molecule has 5 nitrogen and oxygen atoms in total. The van der Waals surface area contributed by atoms with E-state index in [1.54, 1.807) is 13.8 Å². The highest BCUT2D eigenvalue weighted by Crippen LogP contribution is 2.43. The molecule has 0 aromatic heterocycles. The number of ether oxygens (including phenoxy) is 2. The zero-order valence-corrected chi connectivity index (χ0v) is 14.1. The minimum absolute atomic E-state index is 0.102. The number of hydrogen-bond donors (Lipinski definition) is 2. The van der Waals surface area contributed by atoms with Crippen LogP contribution in [0, 0.1) is 11.7 Å². The van der Waals surface area contributed by atoms with Crippen LogP contribution in [0.5, 0.6) is 5.75 Å². The number of aliphatic hydroxyl groups is 1.